The number of allylic oxidation sites excluding steroid dienone is 1. The van der Waals surface area contributed by atoms with Crippen molar-refractivity contribution in [3.05, 3.63) is 48.7 Å². The third-order valence-corrected chi connectivity index (χ3v) is 9.38. The number of halogens is 1. The number of aliphatic carboxylic acids is 1. The number of benzene rings is 1. The minimum absolute atomic E-state index is 0.0821. The first-order chi connectivity index (χ1) is 25.7. The lowest BCUT2D eigenvalue weighted by molar-refractivity contribution is -0.155. The molecular weight excluding hydrogens is 734 g/mol. The Labute approximate surface area is 326 Å². The van der Waals surface area contributed by atoms with E-state index in [0.717, 1.165) is 19.3 Å². The molecule has 1 aromatic heterocycles. The van der Waals surface area contributed by atoms with Crippen LogP contribution in [0.25, 0.3) is 11.0 Å². The van der Waals surface area contributed by atoms with Crippen molar-refractivity contribution in [1.29, 1.82) is 0 Å². The number of methoxy groups -OCH3 is 1. The number of unbranched alkanes of at least 4 members (excludes halogenated alkanes) is 3. The summed E-state index contributed by atoms with van der Waals surface area (Å²) in [6.45, 7) is 17.0. The lowest BCUT2D eigenvalue weighted by Crippen LogP contribution is -2.60. The Hall–Kier alpha value is -4.92. The van der Waals surface area contributed by atoms with Gasteiger partial charge in [-0.05, 0) is 79.4 Å². The lowest BCUT2D eigenvalue weighted by Gasteiger charge is -2.35. The van der Waals surface area contributed by atoms with Crippen molar-refractivity contribution in [2.45, 2.75) is 121 Å². The van der Waals surface area contributed by atoms with Crippen LogP contribution in [0, 0.1) is 5.92 Å². The SMILES string of the molecule is C=CCCCCC[C@H](NC(=O)OC(C)(C)C)C(=O)N1C[C@H](Oc2nc3cc(OC)ccc3nc2Cl)C[C@H]1C(=O)N(C(=O)OC(C)(C)C)[C@]1(C(=O)O)C[C@H]1C=C. The largest absolute Gasteiger partial charge is 0.497 e. The van der Waals surface area contributed by atoms with Crippen LogP contribution >= 0.6 is 11.6 Å². The number of carboxylic acids is 1. The fourth-order valence-corrected chi connectivity index (χ4v) is 6.68. The summed E-state index contributed by atoms with van der Waals surface area (Å²) in [6, 6.07) is 2.41. The minimum Gasteiger partial charge on any atom is -0.497 e. The van der Waals surface area contributed by atoms with Gasteiger partial charge < -0.3 is 34.3 Å². The summed E-state index contributed by atoms with van der Waals surface area (Å²) >= 11 is 6.51. The molecule has 2 N–H and O–H groups in total. The van der Waals surface area contributed by atoms with Crippen molar-refractivity contribution >= 4 is 52.6 Å². The molecule has 2 aliphatic rings. The van der Waals surface area contributed by atoms with Gasteiger partial charge in [0.15, 0.2) is 10.7 Å². The molecule has 5 atom stereocenters. The standard InChI is InChI=1S/C39H52ClN5O10/c1-10-12-13-14-15-16-27(43-35(50)54-37(3,4)5)32(46)44-22-25(53-31-30(40)41-26-18-17-24(52-9)19-28(26)42-31)20-29(44)33(47)45(36(51)55-38(6,7)8)39(34(48)49)21-23(39)11-2/h10-11,17-19,23,25,27,29H,1-2,12-16,20-22H2,3-9H3,(H,43,50)(H,48,49)/t23-,25-,27+,29+,39-/m1/s1. The first kappa shape index (κ1) is 42.8. The number of rotatable bonds is 15. The van der Waals surface area contributed by atoms with Crippen molar-refractivity contribution in [1.82, 2.24) is 25.1 Å². The molecule has 1 aromatic carbocycles. The van der Waals surface area contributed by atoms with Crippen LogP contribution in [0.15, 0.2) is 43.5 Å². The highest BCUT2D eigenvalue weighted by molar-refractivity contribution is 6.31. The summed E-state index contributed by atoms with van der Waals surface area (Å²) in [5.74, 6) is -3.44. The molecule has 300 valence electrons. The molecule has 1 aliphatic carbocycles. The first-order valence-electron chi connectivity index (χ1n) is 18.3. The molecule has 2 aromatic rings. The normalized spacial score (nSPS) is 21.2. The van der Waals surface area contributed by atoms with E-state index in [4.69, 9.17) is 30.5 Å². The number of hydrogen-bond donors (Lipinski definition) is 2. The molecule has 16 heteroatoms. The fraction of sp³-hybridized carbons (Fsp3) is 0.564. The molecule has 2 heterocycles. The topological polar surface area (TPSA) is 187 Å². The van der Waals surface area contributed by atoms with Crippen LogP contribution in [-0.4, -0.2) is 103 Å². The average molecular weight is 786 g/mol. The van der Waals surface area contributed by atoms with Crippen LogP contribution in [-0.2, 0) is 23.9 Å². The predicted molar refractivity (Wildman–Crippen MR) is 204 cm³/mol. The van der Waals surface area contributed by atoms with Crippen molar-refractivity contribution < 1.29 is 48.0 Å². The Kier molecular flexibility index (Phi) is 13.4. The minimum atomic E-state index is -2.00. The molecule has 4 rings (SSSR count). The Morgan fingerprint density at radius 2 is 1.75 bits per heavy atom. The maximum absolute atomic E-state index is 14.8. The van der Waals surface area contributed by atoms with E-state index >= 15 is 0 Å². The molecule has 0 spiro atoms. The zero-order chi connectivity index (χ0) is 40.9. The monoisotopic (exact) mass is 785 g/mol. The van der Waals surface area contributed by atoms with Crippen LogP contribution in [0.2, 0.25) is 5.15 Å². The predicted octanol–water partition coefficient (Wildman–Crippen LogP) is 6.46. The Morgan fingerprint density at radius 1 is 1.05 bits per heavy atom. The third kappa shape index (κ3) is 10.4. The Balaban J connectivity index is 1.77. The van der Waals surface area contributed by atoms with Gasteiger partial charge in [0.25, 0.3) is 11.8 Å². The molecule has 4 amide bonds. The van der Waals surface area contributed by atoms with E-state index < -0.39 is 70.8 Å². The molecule has 0 bridgehead atoms. The van der Waals surface area contributed by atoms with E-state index in [0.29, 0.717) is 28.1 Å². The third-order valence-electron chi connectivity index (χ3n) is 9.13. The quantitative estimate of drug-likeness (QED) is 0.148. The number of imide groups is 1. The molecular formula is C39H52ClN5O10. The van der Waals surface area contributed by atoms with Gasteiger partial charge in [-0.15, -0.1) is 13.2 Å². The molecule has 15 nitrogen and oxygen atoms in total. The molecule has 1 saturated carbocycles. The Bertz CT molecular complexity index is 1810. The van der Waals surface area contributed by atoms with Gasteiger partial charge in [-0.3, -0.25) is 9.59 Å². The van der Waals surface area contributed by atoms with Crippen LogP contribution in [0.4, 0.5) is 9.59 Å². The van der Waals surface area contributed by atoms with Crippen molar-refractivity contribution in [3.8, 4) is 11.6 Å². The molecule has 0 radical (unpaired) electrons. The number of nitrogens with zero attached hydrogens (tertiary/aromatic N) is 4. The van der Waals surface area contributed by atoms with E-state index in [9.17, 15) is 29.1 Å². The lowest BCUT2D eigenvalue weighted by atomic mass is 10.0. The highest BCUT2D eigenvalue weighted by Gasteiger charge is 2.68. The number of fused-ring (bicyclic) bond motifs is 1. The summed E-state index contributed by atoms with van der Waals surface area (Å²) in [4.78, 5) is 79.9. The van der Waals surface area contributed by atoms with Crippen LogP contribution < -0.4 is 14.8 Å². The average Bonchev–Trinajstić information content (AvgIpc) is 3.67. The van der Waals surface area contributed by atoms with Gasteiger partial charge in [-0.1, -0.05) is 36.6 Å². The van der Waals surface area contributed by atoms with E-state index in [1.165, 1.54) is 18.1 Å². The second-order valence-corrected chi connectivity index (χ2v) is 16.1. The maximum atomic E-state index is 14.8. The van der Waals surface area contributed by atoms with E-state index in [1.807, 2.05) is 0 Å². The highest BCUT2D eigenvalue weighted by Crippen LogP contribution is 2.51. The second kappa shape index (κ2) is 17.3. The summed E-state index contributed by atoms with van der Waals surface area (Å²) in [6.07, 6.45) is 2.90. The molecule has 1 saturated heterocycles. The first-order valence-corrected chi connectivity index (χ1v) is 18.6. The molecule has 0 unspecified atom stereocenters. The van der Waals surface area contributed by atoms with Gasteiger partial charge in [-0.2, -0.15) is 0 Å². The Morgan fingerprint density at radius 3 is 2.33 bits per heavy atom. The van der Waals surface area contributed by atoms with Crippen LogP contribution in [0.3, 0.4) is 0 Å². The van der Waals surface area contributed by atoms with Gasteiger partial charge >= 0.3 is 18.2 Å². The number of ether oxygens (including phenoxy) is 4. The van der Waals surface area contributed by atoms with Crippen molar-refractivity contribution in [2.24, 2.45) is 5.92 Å². The second-order valence-electron chi connectivity index (χ2n) is 15.7. The van der Waals surface area contributed by atoms with Gasteiger partial charge in [0.2, 0.25) is 5.91 Å². The smallest absolute Gasteiger partial charge is 0.418 e. The highest BCUT2D eigenvalue weighted by atomic mass is 35.5. The summed E-state index contributed by atoms with van der Waals surface area (Å²) in [7, 11) is 1.50. The van der Waals surface area contributed by atoms with Gasteiger partial charge in [0.05, 0.1) is 24.7 Å². The number of amides is 4. The zero-order valence-electron chi connectivity index (χ0n) is 32.6. The number of carboxylic acid groups (broad SMARTS) is 1. The number of nitrogens with one attached hydrogen (secondary N) is 1. The van der Waals surface area contributed by atoms with Crippen LogP contribution in [0.1, 0.15) is 86.5 Å². The molecule has 1 aliphatic heterocycles. The van der Waals surface area contributed by atoms with Crippen LogP contribution in [0.5, 0.6) is 11.6 Å². The van der Waals surface area contributed by atoms with Gasteiger partial charge in [-0.25, -0.2) is 29.3 Å². The van der Waals surface area contributed by atoms with Gasteiger partial charge in [0.1, 0.15) is 35.1 Å². The van der Waals surface area contributed by atoms with Gasteiger partial charge in [0, 0.05) is 18.4 Å². The number of alkyl carbamates (subject to hydrolysis) is 1. The molecule has 55 heavy (non-hydrogen) atoms. The van der Waals surface area contributed by atoms with E-state index in [2.05, 4.69) is 28.4 Å². The summed E-state index contributed by atoms with van der Waals surface area (Å²) in [5.41, 5.74) is -3.11. The number of likely N-dealkylation sites (tertiary alicyclic amines) is 1. The van der Waals surface area contributed by atoms with Crippen molar-refractivity contribution in [2.75, 3.05) is 13.7 Å². The van der Waals surface area contributed by atoms with Crippen molar-refractivity contribution in [3.63, 3.8) is 0 Å². The number of hydrogen-bond acceptors (Lipinski definition) is 11. The zero-order valence-corrected chi connectivity index (χ0v) is 33.3. The van der Waals surface area contributed by atoms with E-state index in [1.54, 1.807) is 65.8 Å². The maximum Gasteiger partial charge on any atom is 0.418 e. The number of carbonyl (C=O) groups is 5. The summed E-state index contributed by atoms with van der Waals surface area (Å²) in [5, 5.41) is 13.1. The number of carbonyl (C=O) groups excluding carboxylic acids is 4. The fourth-order valence-electron chi connectivity index (χ4n) is 6.50. The van der Waals surface area contributed by atoms with E-state index in [-0.39, 0.29) is 36.8 Å². The summed E-state index contributed by atoms with van der Waals surface area (Å²) < 4.78 is 22.6. The molecule has 2 fully saturated rings. The number of aromatic nitrogens is 2.